The number of benzene rings is 3. The second kappa shape index (κ2) is 7.67. The minimum atomic E-state index is -0.421. The Morgan fingerprint density at radius 3 is 2.56 bits per heavy atom. The molecule has 0 bridgehead atoms. The van der Waals surface area contributed by atoms with Crippen LogP contribution in [0.25, 0.3) is 10.8 Å². The number of hydrogen-bond donors (Lipinski definition) is 0. The summed E-state index contributed by atoms with van der Waals surface area (Å²) in [5.74, 6) is 0.906. The number of ether oxygens (including phenoxy) is 2. The van der Waals surface area contributed by atoms with E-state index in [1.54, 1.807) is 13.0 Å². The predicted octanol–water partition coefficient (Wildman–Crippen LogP) is 4.94. The van der Waals surface area contributed by atoms with Crippen LogP contribution in [-0.4, -0.2) is 12.6 Å². The predicted molar refractivity (Wildman–Crippen MR) is 100 cm³/mol. The van der Waals surface area contributed by atoms with Gasteiger partial charge in [-0.25, -0.2) is 4.79 Å². The molecule has 126 valence electrons. The van der Waals surface area contributed by atoms with Crippen LogP contribution in [0.2, 0.25) is 0 Å². The van der Waals surface area contributed by atoms with E-state index in [0.29, 0.717) is 17.9 Å². The molecular formula is C22H20O3. The maximum absolute atomic E-state index is 11.8. The molecule has 3 aromatic carbocycles. The lowest BCUT2D eigenvalue weighted by Gasteiger charge is -2.10. The average Bonchev–Trinajstić information content (AvgIpc) is 2.62. The maximum Gasteiger partial charge on any atom is 0.338 e. The molecule has 0 amide bonds. The van der Waals surface area contributed by atoms with E-state index >= 15 is 0 Å². The van der Waals surface area contributed by atoms with E-state index in [-0.39, 0.29) is 0 Å². The highest BCUT2D eigenvalue weighted by molar-refractivity contribution is 5.94. The van der Waals surface area contributed by atoms with Gasteiger partial charge in [-0.05, 0) is 42.1 Å². The molecule has 0 aliphatic heterocycles. The molecule has 0 aromatic heterocycles. The summed E-state index contributed by atoms with van der Waals surface area (Å²) >= 11 is 0. The molecule has 0 N–H and O–H groups in total. The standard InChI is InChI=1S/C22H20O3/c1-16(2)22(23)25-21-10-6-9-18-15-19(11-12-20(18)21)24-14-13-17-7-4-3-5-8-17/h3-12,15H,1,13-14H2,2H3. The Balaban J connectivity index is 1.72. The second-order valence-electron chi connectivity index (χ2n) is 5.89. The van der Waals surface area contributed by atoms with Crippen LogP contribution in [0.5, 0.6) is 11.5 Å². The maximum atomic E-state index is 11.8. The molecule has 3 nitrogen and oxygen atoms in total. The molecule has 3 heteroatoms. The van der Waals surface area contributed by atoms with Crippen molar-refractivity contribution in [1.29, 1.82) is 0 Å². The van der Waals surface area contributed by atoms with Gasteiger partial charge in [0.15, 0.2) is 0 Å². The summed E-state index contributed by atoms with van der Waals surface area (Å²) in [5.41, 5.74) is 1.62. The summed E-state index contributed by atoms with van der Waals surface area (Å²) in [5, 5.41) is 1.83. The molecule has 0 aliphatic rings. The van der Waals surface area contributed by atoms with Crippen LogP contribution in [0.3, 0.4) is 0 Å². The zero-order valence-corrected chi connectivity index (χ0v) is 14.2. The molecule has 0 heterocycles. The van der Waals surface area contributed by atoms with Crippen molar-refractivity contribution in [1.82, 2.24) is 0 Å². The van der Waals surface area contributed by atoms with Crippen LogP contribution < -0.4 is 9.47 Å². The second-order valence-corrected chi connectivity index (χ2v) is 5.89. The first-order valence-corrected chi connectivity index (χ1v) is 8.21. The zero-order chi connectivity index (χ0) is 17.6. The van der Waals surface area contributed by atoms with Crippen molar-refractivity contribution in [3.63, 3.8) is 0 Å². The smallest absolute Gasteiger partial charge is 0.338 e. The minimum Gasteiger partial charge on any atom is -0.493 e. The van der Waals surface area contributed by atoms with Crippen LogP contribution in [0, 0.1) is 0 Å². The fourth-order valence-corrected chi connectivity index (χ4v) is 2.53. The third-order valence-electron chi connectivity index (χ3n) is 3.87. The quantitative estimate of drug-likeness (QED) is 0.364. The molecule has 0 unspecified atom stereocenters. The van der Waals surface area contributed by atoms with E-state index in [1.807, 2.05) is 48.5 Å². The van der Waals surface area contributed by atoms with Crippen LogP contribution in [0.4, 0.5) is 0 Å². The Hall–Kier alpha value is -3.07. The number of fused-ring (bicyclic) bond motifs is 1. The van der Waals surface area contributed by atoms with Gasteiger partial charge in [-0.1, -0.05) is 49.0 Å². The van der Waals surface area contributed by atoms with Crippen LogP contribution >= 0.6 is 0 Å². The number of hydrogen-bond acceptors (Lipinski definition) is 3. The Bertz CT molecular complexity index is 898. The third-order valence-corrected chi connectivity index (χ3v) is 3.87. The van der Waals surface area contributed by atoms with Gasteiger partial charge in [0.25, 0.3) is 0 Å². The van der Waals surface area contributed by atoms with Crippen molar-refractivity contribution in [3.8, 4) is 11.5 Å². The first-order valence-electron chi connectivity index (χ1n) is 8.21. The van der Waals surface area contributed by atoms with Gasteiger partial charge in [-0.3, -0.25) is 0 Å². The molecule has 0 spiro atoms. The van der Waals surface area contributed by atoms with E-state index in [0.717, 1.165) is 22.9 Å². The van der Waals surface area contributed by atoms with Gasteiger partial charge < -0.3 is 9.47 Å². The first kappa shape index (κ1) is 16.8. The van der Waals surface area contributed by atoms with Crippen molar-refractivity contribution < 1.29 is 14.3 Å². The summed E-state index contributed by atoms with van der Waals surface area (Å²) < 4.78 is 11.2. The molecule has 0 saturated carbocycles. The molecule has 0 aliphatic carbocycles. The normalized spacial score (nSPS) is 10.4. The Labute approximate surface area is 147 Å². The van der Waals surface area contributed by atoms with Gasteiger partial charge in [-0.15, -0.1) is 0 Å². The van der Waals surface area contributed by atoms with E-state index < -0.39 is 5.97 Å². The van der Waals surface area contributed by atoms with Gasteiger partial charge in [0, 0.05) is 17.4 Å². The largest absolute Gasteiger partial charge is 0.493 e. The van der Waals surface area contributed by atoms with Crippen LogP contribution in [0.15, 0.2) is 78.9 Å². The monoisotopic (exact) mass is 332 g/mol. The van der Waals surface area contributed by atoms with Crippen LogP contribution in [0.1, 0.15) is 12.5 Å². The fraction of sp³-hybridized carbons (Fsp3) is 0.136. The van der Waals surface area contributed by atoms with Crippen molar-refractivity contribution >= 4 is 16.7 Å². The topological polar surface area (TPSA) is 35.5 Å². The molecule has 0 saturated heterocycles. The summed E-state index contributed by atoms with van der Waals surface area (Å²) in [6.07, 6.45) is 0.856. The molecule has 3 aromatic rings. The van der Waals surface area contributed by atoms with Crippen molar-refractivity contribution in [2.24, 2.45) is 0 Å². The van der Waals surface area contributed by atoms with Gasteiger partial charge in [-0.2, -0.15) is 0 Å². The lowest BCUT2D eigenvalue weighted by atomic mass is 10.1. The Kier molecular flexibility index (Phi) is 5.14. The number of carbonyl (C=O) groups is 1. The number of esters is 1. The Morgan fingerprint density at radius 1 is 1.00 bits per heavy atom. The fourth-order valence-electron chi connectivity index (χ4n) is 2.53. The van der Waals surface area contributed by atoms with Crippen LogP contribution in [-0.2, 0) is 11.2 Å². The summed E-state index contributed by atoms with van der Waals surface area (Å²) in [7, 11) is 0. The van der Waals surface area contributed by atoms with Crippen molar-refractivity contribution in [3.05, 3.63) is 84.4 Å². The lowest BCUT2D eigenvalue weighted by Crippen LogP contribution is -2.08. The van der Waals surface area contributed by atoms with E-state index in [1.165, 1.54) is 5.56 Å². The van der Waals surface area contributed by atoms with Crippen molar-refractivity contribution in [2.45, 2.75) is 13.3 Å². The first-order chi connectivity index (χ1) is 12.1. The number of rotatable bonds is 6. The molecule has 0 radical (unpaired) electrons. The zero-order valence-electron chi connectivity index (χ0n) is 14.2. The third kappa shape index (κ3) is 4.27. The van der Waals surface area contributed by atoms with Crippen molar-refractivity contribution in [2.75, 3.05) is 6.61 Å². The highest BCUT2D eigenvalue weighted by Gasteiger charge is 2.09. The average molecular weight is 332 g/mol. The summed E-state index contributed by atoms with van der Waals surface area (Å²) in [4.78, 5) is 11.8. The molecule has 0 fully saturated rings. The van der Waals surface area contributed by atoms with E-state index in [4.69, 9.17) is 9.47 Å². The molecule has 25 heavy (non-hydrogen) atoms. The van der Waals surface area contributed by atoms with Gasteiger partial charge in [0.05, 0.1) is 6.61 Å². The minimum absolute atomic E-state index is 0.373. The van der Waals surface area contributed by atoms with Gasteiger partial charge >= 0.3 is 5.97 Å². The molecular weight excluding hydrogens is 312 g/mol. The summed E-state index contributed by atoms with van der Waals surface area (Å²) in [6, 6.07) is 21.6. The van der Waals surface area contributed by atoms with Gasteiger partial charge in [0.2, 0.25) is 0 Å². The Morgan fingerprint density at radius 2 is 1.80 bits per heavy atom. The molecule has 3 rings (SSSR count). The summed E-state index contributed by atoms with van der Waals surface area (Å²) in [6.45, 7) is 5.85. The van der Waals surface area contributed by atoms with E-state index in [2.05, 4.69) is 18.7 Å². The highest BCUT2D eigenvalue weighted by atomic mass is 16.5. The molecule has 0 atom stereocenters. The number of carbonyl (C=O) groups excluding carboxylic acids is 1. The lowest BCUT2D eigenvalue weighted by molar-refractivity contribution is -0.129. The van der Waals surface area contributed by atoms with Gasteiger partial charge in [0.1, 0.15) is 11.5 Å². The van der Waals surface area contributed by atoms with E-state index in [9.17, 15) is 4.79 Å². The SMILES string of the molecule is C=C(C)C(=O)Oc1cccc2cc(OCCc3ccccc3)ccc12. The highest BCUT2D eigenvalue weighted by Crippen LogP contribution is 2.29.